The Morgan fingerprint density at radius 1 is 1.16 bits per heavy atom. The quantitative estimate of drug-likeness (QED) is 0.674. The van der Waals surface area contributed by atoms with Crippen molar-refractivity contribution < 1.29 is 0 Å². The van der Waals surface area contributed by atoms with Gasteiger partial charge in [0, 0.05) is 18.2 Å². The minimum absolute atomic E-state index is 0.476. The van der Waals surface area contributed by atoms with Crippen molar-refractivity contribution in [2.75, 3.05) is 7.05 Å². The van der Waals surface area contributed by atoms with Crippen LogP contribution in [0.4, 0.5) is 0 Å². The fourth-order valence-corrected chi connectivity index (χ4v) is 3.03. The minimum atomic E-state index is 0.476. The molecule has 1 aromatic carbocycles. The fraction of sp³-hybridized carbons (Fsp3) is 0.562. The lowest BCUT2D eigenvalue weighted by Gasteiger charge is -2.27. The zero-order valence-electron chi connectivity index (χ0n) is 11.8. The van der Waals surface area contributed by atoms with Gasteiger partial charge in [-0.2, -0.15) is 0 Å². The molecule has 1 fully saturated rings. The standard InChI is InChI=1S/C16H24N2S/c1-18(15-6-4-2-3-5-7-15)12-13-8-10-14(11-9-13)16(17)19/h8-11,15H,2-7,12H2,1H3,(H2,17,19). The van der Waals surface area contributed by atoms with Crippen LogP contribution in [0.15, 0.2) is 24.3 Å². The number of nitrogens with zero attached hydrogens (tertiary/aromatic N) is 1. The zero-order chi connectivity index (χ0) is 13.7. The van der Waals surface area contributed by atoms with Crippen molar-refractivity contribution in [1.29, 1.82) is 0 Å². The first kappa shape index (κ1) is 14.5. The summed E-state index contributed by atoms with van der Waals surface area (Å²) in [5.41, 5.74) is 7.91. The van der Waals surface area contributed by atoms with E-state index in [0.717, 1.165) is 18.2 Å². The highest BCUT2D eigenvalue weighted by Crippen LogP contribution is 2.22. The molecule has 1 aliphatic carbocycles. The van der Waals surface area contributed by atoms with E-state index in [1.165, 1.54) is 44.1 Å². The molecule has 0 aliphatic heterocycles. The second kappa shape index (κ2) is 7.01. The largest absolute Gasteiger partial charge is 0.389 e. The third-order valence-corrected chi connectivity index (χ3v) is 4.35. The Kier molecular flexibility index (Phi) is 5.34. The van der Waals surface area contributed by atoms with E-state index < -0.39 is 0 Å². The average molecular weight is 276 g/mol. The summed E-state index contributed by atoms with van der Waals surface area (Å²) in [6.45, 7) is 1.02. The number of nitrogens with two attached hydrogens (primary N) is 1. The van der Waals surface area contributed by atoms with E-state index in [9.17, 15) is 0 Å². The molecule has 1 saturated carbocycles. The zero-order valence-corrected chi connectivity index (χ0v) is 12.6. The molecular weight excluding hydrogens is 252 g/mol. The predicted molar refractivity (Wildman–Crippen MR) is 85.3 cm³/mol. The molecule has 0 heterocycles. The molecule has 0 spiro atoms. The van der Waals surface area contributed by atoms with Gasteiger partial charge >= 0.3 is 0 Å². The minimum Gasteiger partial charge on any atom is -0.389 e. The Labute approximate surface area is 122 Å². The van der Waals surface area contributed by atoms with E-state index in [4.69, 9.17) is 18.0 Å². The Bertz CT molecular complexity index is 405. The van der Waals surface area contributed by atoms with Gasteiger partial charge in [-0.25, -0.2) is 0 Å². The summed E-state index contributed by atoms with van der Waals surface area (Å²) in [6, 6.07) is 9.08. The van der Waals surface area contributed by atoms with Crippen molar-refractivity contribution >= 4 is 17.2 Å². The maximum atomic E-state index is 5.62. The third kappa shape index (κ3) is 4.29. The van der Waals surface area contributed by atoms with Crippen LogP contribution in [-0.4, -0.2) is 23.0 Å². The highest BCUT2D eigenvalue weighted by Gasteiger charge is 2.16. The van der Waals surface area contributed by atoms with Crippen LogP contribution in [0.5, 0.6) is 0 Å². The van der Waals surface area contributed by atoms with Crippen LogP contribution in [0.3, 0.4) is 0 Å². The average Bonchev–Trinajstić information content (AvgIpc) is 2.68. The number of hydrogen-bond acceptors (Lipinski definition) is 2. The second-order valence-corrected chi connectivity index (χ2v) is 6.06. The van der Waals surface area contributed by atoms with E-state index in [-0.39, 0.29) is 0 Å². The monoisotopic (exact) mass is 276 g/mol. The van der Waals surface area contributed by atoms with E-state index in [1.54, 1.807) is 0 Å². The van der Waals surface area contributed by atoms with Crippen molar-refractivity contribution in [3.63, 3.8) is 0 Å². The summed E-state index contributed by atoms with van der Waals surface area (Å²) in [7, 11) is 2.25. The number of thiocarbonyl (C=S) groups is 1. The lowest BCUT2D eigenvalue weighted by molar-refractivity contribution is 0.213. The first-order chi connectivity index (χ1) is 9.16. The van der Waals surface area contributed by atoms with Gasteiger partial charge in [0.05, 0.1) is 0 Å². The lowest BCUT2D eigenvalue weighted by Crippen LogP contribution is -2.30. The molecule has 2 nitrogen and oxygen atoms in total. The van der Waals surface area contributed by atoms with E-state index in [1.807, 2.05) is 12.1 Å². The van der Waals surface area contributed by atoms with Gasteiger partial charge in [-0.15, -0.1) is 0 Å². The van der Waals surface area contributed by atoms with Crippen LogP contribution >= 0.6 is 12.2 Å². The molecule has 0 aromatic heterocycles. The highest BCUT2D eigenvalue weighted by atomic mass is 32.1. The molecule has 2 rings (SSSR count). The van der Waals surface area contributed by atoms with Gasteiger partial charge in [-0.05, 0) is 25.5 Å². The van der Waals surface area contributed by atoms with Crippen molar-refractivity contribution in [2.45, 2.75) is 51.1 Å². The topological polar surface area (TPSA) is 29.3 Å². The van der Waals surface area contributed by atoms with E-state index in [2.05, 4.69) is 24.1 Å². The normalized spacial score (nSPS) is 17.4. The molecule has 0 unspecified atom stereocenters. The van der Waals surface area contributed by atoms with Gasteiger partial charge in [0.15, 0.2) is 0 Å². The molecule has 0 bridgehead atoms. The molecule has 1 aliphatic rings. The van der Waals surface area contributed by atoms with Crippen LogP contribution in [0.1, 0.15) is 49.7 Å². The first-order valence-electron chi connectivity index (χ1n) is 7.26. The Morgan fingerprint density at radius 2 is 1.74 bits per heavy atom. The van der Waals surface area contributed by atoms with Crippen molar-refractivity contribution in [3.8, 4) is 0 Å². The van der Waals surface area contributed by atoms with Crippen LogP contribution in [0.25, 0.3) is 0 Å². The van der Waals surface area contributed by atoms with Gasteiger partial charge < -0.3 is 5.73 Å². The number of benzene rings is 1. The molecule has 0 saturated heterocycles. The van der Waals surface area contributed by atoms with Crippen molar-refractivity contribution in [2.24, 2.45) is 5.73 Å². The summed E-state index contributed by atoms with van der Waals surface area (Å²) >= 11 is 4.98. The van der Waals surface area contributed by atoms with Crippen LogP contribution in [0.2, 0.25) is 0 Å². The second-order valence-electron chi connectivity index (χ2n) is 5.62. The smallest absolute Gasteiger partial charge is 0.103 e. The molecular formula is C16H24N2S. The van der Waals surface area contributed by atoms with Crippen molar-refractivity contribution in [1.82, 2.24) is 4.90 Å². The SMILES string of the molecule is CN(Cc1ccc(C(N)=S)cc1)C1CCCCCC1. The van der Waals surface area contributed by atoms with E-state index in [0.29, 0.717) is 4.99 Å². The summed E-state index contributed by atoms with van der Waals surface area (Å²) in [5, 5.41) is 0. The van der Waals surface area contributed by atoms with Gasteiger partial charge in [-0.3, -0.25) is 4.90 Å². The highest BCUT2D eigenvalue weighted by molar-refractivity contribution is 7.80. The molecule has 0 atom stereocenters. The van der Waals surface area contributed by atoms with Crippen LogP contribution in [-0.2, 0) is 6.54 Å². The predicted octanol–water partition coefficient (Wildman–Crippen LogP) is 3.48. The molecule has 0 radical (unpaired) electrons. The van der Waals surface area contributed by atoms with Gasteiger partial charge in [-0.1, -0.05) is 62.2 Å². The maximum absolute atomic E-state index is 5.62. The molecule has 0 amide bonds. The molecule has 2 N–H and O–H groups in total. The number of rotatable bonds is 4. The fourth-order valence-electron chi connectivity index (χ4n) is 2.89. The van der Waals surface area contributed by atoms with Gasteiger partial charge in [0.25, 0.3) is 0 Å². The van der Waals surface area contributed by atoms with Gasteiger partial charge in [0.1, 0.15) is 4.99 Å². The summed E-state index contributed by atoms with van der Waals surface area (Å²) in [4.78, 5) is 2.98. The molecule has 19 heavy (non-hydrogen) atoms. The Balaban J connectivity index is 1.93. The summed E-state index contributed by atoms with van der Waals surface area (Å²) < 4.78 is 0. The van der Waals surface area contributed by atoms with Crippen LogP contribution in [0, 0.1) is 0 Å². The third-order valence-electron chi connectivity index (χ3n) is 4.12. The molecule has 1 aromatic rings. The van der Waals surface area contributed by atoms with E-state index >= 15 is 0 Å². The number of hydrogen-bond donors (Lipinski definition) is 1. The van der Waals surface area contributed by atoms with Crippen LogP contribution < -0.4 is 5.73 Å². The molecule has 3 heteroatoms. The van der Waals surface area contributed by atoms with Crippen molar-refractivity contribution in [3.05, 3.63) is 35.4 Å². The van der Waals surface area contributed by atoms with Gasteiger partial charge in [0.2, 0.25) is 0 Å². The Hall–Kier alpha value is -0.930. The summed E-state index contributed by atoms with van der Waals surface area (Å²) in [6.07, 6.45) is 8.29. The lowest BCUT2D eigenvalue weighted by atomic mass is 10.1. The first-order valence-corrected chi connectivity index (χ1v) is 7.66. The molecule has 104 valence electrons. The Morgan fingerprint density at radius 3 is 2.26 bits per heavy atom. The summed E-state index contributed by atoms with van der Waals surface area (Å²) in [5.74, 6) is 0. The maximum Gasteiger partial charge on any atom is 0.103 e.